The predicted octanol–water partition coefficient (Wildman–Crippen LogP) is 5.77. The van der Waals surface area contributed by atoms with Crippen molar-refractivity contribution in [3.63, 3.8) is 0 Å². The summed E-state index contributed by atoms with van der Waals surface area (Å²) in [6.07, 6.45) is 2.70. The highest BCUT2D eigenvalue weighted by Gasteiger charge is 2.45. The van der Waals surface area contributed by atoms with E-state index in [9.17, 15) is 13.2 Å². The summed E-state index contributed by atoms with van der Waals surface area (Å²) in [4.78, 5) is 21.7. The molecule has 0 unspecified atom stereocenters. The van der Waals surface area contributed by atoms with E-state index < -0.39 is 28.9 Å². The maximum atomic E-state index is 16.3. The van der Waals surface area contributed by atoms with Crippen molar-refractivity contribution in [2.45, 2.75) is 71.0 Å². The van der Waals surface area contributed by atoms with E-state index >= 15 is 4.39 Å². The lowest BCUT2D eigenvalue weighted by Gasteiger charge is -2.39. The van der Waals surface area contributed by atoms with Crippen molar-refractivity contribution in [1.29, 1.82) is 0 Å². The first-order chi connectivity index (χ1) is 19.4. The van der Waals surface area contributed by atoms with Gasteiger partial charge in [0.15, 0.2) is 5.82 Å². The van der Waals surface area contributed by atoms with Gasteiger partial charge in [0.25, 0.3) is 0 Å². The van der Waals surface area contributed by atoms with Gasteiger partial charge in [0.1, 0.15) is 35.1 Å². The summed E-state index contributed by atoms with van der Waals surface area (Å²) in [5.41, 5.74) is 3.09. The summed E-state index contributed by atoms with van der Waals surface area (Å²) >= 11 is 0. The standard InChI is InChI=1S/C29H35F4N7O/c1-17-13-19(34)36-23(20(17)29(31,32)33)24-21(30)22-18(14-35-24)25(39-10-4-7-27(2,3)15-39)38-26(37-22)41-16-28-8-5-11-40(28)12-6-9-28/h13-14H,4-12,15-16H2,1-3H3,(H2,34,36). The van der Waals surface area contributed by atoms with Crippen molar-refractivity contribution >= 4 is 22.5 Å². The second-order valence-corrected chi connectivity index (χ2v) is 12.5. The minimum atomic E-state index is -4.79. The summed E-state index contributed by atoms with van der Waals surface area (Å²) < 4.78 is 64.8. The fraction of sp³-hybridized carbons (Fsp3) is 0.586. The number of pyridine rings is 2. The number of anilines is 2. The molecule has 3 aromatic heterocycles. The first-order valence-corrected chi connectivity index (χ1v) is 14.2. The van der Waals surface area contributed by atoms with Crippen LogP contribution in [-0.4, -0.2) is 63.2 Å². The van der Waals surface area contributed by atoms with E-state index in [2.05, 4.69) is 38.6 Å². The van der Waals surface area contributed by atoms with Crippen LogP contribution in [-0.2, 0) is 6.18 Å². The summed E-state index contributed by atoms with van der Waals surface area (Å²) in [6.45, 7) is 9.38. The van der Waals surface area contributed by atoms with E-state index in [1.54, 1.807) is 0 Å². The molecule has 2 N–H and O–H groups in total. The molecule has 0 aromatic carbocycles. The molecule has 3 aliphatic rings. The molecule has 3 aromatic rings. The van der Waals surface area contributed by atoms with E-state index in [0.717, 1.165) is 57.7 Å². The molecular formula is C29H35F4N7O. The lowest BCUT2D eigenvalue weighted by molar-refractivity contribution is -0.137. The zero-order valence-corrected chi connectivity index (χ0v) is 23.6. The van der Waals surface area contributed by atoms with Crippen LogP contribution in [0.5, 0.6) is 6.01 Å². The lowest BCUT2D eigenvalue weighted by atomic mass is 9.84. The summed E-state index contributed by atoms with van der Waals surface area (Å²) in [5, 5.41) is 0.312. The molecule has 6 rings (SSSR count). The normalized spacial score (nSPS) is 20.5. The Bertz CT molecular complexity index is 1480. The smallest absolute Gasteiger partial charge is 0.418 e. The second-order valence-electron chi connectivity index (χ2n) is 12.5. The number of hydrogen-bond acceptors (Lipinski definition) is 8. The Balaban J connectivity index is 1.49. The first-order valence-electron chi connectivity index (χ1n) is 14.2. The van der Waals surface area contributed by atoms with E-state index in [4.69, 9.17) is 15.5 Å². The number of alkyl halides is 3. The molecule has 3 aliphatic heterocycles. The number of halogens is 4. The molecule has 0 spiro atoms. The van der Waals surface area contributed by atoms with E-state index in [1.165, 1.54) is 13.1 Å². The molecule has 220 valence electrons. The Morgan fingerprint density at radius 2 is 1.71 bits per heavy atom. The number of rotatable bonds is 5. The van der Waals surface area contributed by atoms with Gasteiger partial charge in [-0.3, -0.25) is 9.88 Å². The number of ether oxygens (including phenoxy) is 1. The molecule has 41 heavy (non-hydrogen) atoms. The fourth-order valence-electron chi connectivity index (χ4n) is 6.98. The Labute approximate surface area is 236 Å². The van der Waals surface area contributed by atoms with E-state index in [1.807, 2.05) is 0 Å². The highest BCUT2D eigenvalue weighted by atomic mass is 19.4. The van der Waals surface area contributed by atoms with Crippen LogP contribution in [0.2, 0.25) is 0 Å². The van der Waals surface area contributed by atoms with Gasteiger partial charge < -0.3 is 15.4 Å². The van der Waals surface area contributed by atoms with Gasteiger partial charge in [-0.1, -0.05) is 13.8 Å². The van der Waals surface area contributed by atoms with Gasteiger partial charge in [-0.05, 0) is 75.6 Å². The van der Waals surface area contributed by atoms with Gasteiger partial charge in [-0.2, -0.15) is 23.1 Å². The molecule has 3 saturated heterocycles. The Kier molecular flexibility index (Phi) is 6.74. The minimum absolute atomic E-state index is 0.000237. The van der Waals surface area contributed by atoms with Crippen LogP contribution >= 0.6 is 0 Å². The van der Waals surface area contributed by atoms with Crippen LogP contribution in [0.4, 0.5) is 29.2 Å². The largest absolute Gasteiger partial charge is 0.461 e. The Morgan fingerprint density at radius 1 is 1.00 bits per heavy atom. The first kappa shape index (κ1) is 27.9. The molecule has 0 radical (unpaired) electrons. The average Bonchev–Trinajstić information content (AvgIpc) is 3.46. The van der Waals surface area contributed by atoms with Crippen LogP contribution < -0.4 is 15.4 Å². The molecule has 8 nitrogen and oxygen atoms in total. The molecule has 0 aliphatic carbocycles. The number of hydrogen-bond donors (Lipinski definition) is 1. The number of nitrogens with two attached hydrogens (primary N) is 1. The third kappa shape index (κ3) is 5.04. The van der Waals surface area contributed by atoms with Crippen molar-refractivity contribution in [3.05, 3.63) is 29.2 Å². The number of piperidine rings is 1. The number of aryl methyl sites for hydroxylation is 1. The highest BCUT2D eigenvalue weighted by molar-refractivity contribution is 5.92. The van der Waals surface area contributed by atoms with Crippen LogP contribution in [0, 0.1) is 18.2 Å². The third-order valence-corrected chi connectivity index (χ3v) is 8.87. The maximum absolute atomic E-state index is 16.3. The number of aromatic nitrogens is 4. The van der Waals surface area contributed by atoms with Crippen molar-refractivity contribution in [2.24, 2.45) is 5.41 Å². The van der Waals surface area contributed by atoms with Gasteiger partial charge in [0.2, 0.25) is 0 Å². The molecule has 0 amide bonds. The number of nitrogen functional groups attached to an aromatic ring is 1. The third-order valence-electron chi connectivity index (χ3n) is 8.87. The van der Waals surface area contributed by atoms with Crippen molar-refractivity contribution in [1.82, 2.24) is 24.8 Å². The monoisotopic (exact) mass is 573 g/mol. The summed E-state index contributed by atoms with van der Waals surface area (Å²) in [6, 6.07) is 1.12. The fourth-order valence-corrected chi connectivity index (χ4v) is 6.98. The molecule has 12 heteroatoms. The zero-order chi connectivity index (χ0) is 29.2. The van der Waals surface area contributed by atoms with Gasteiger partial charge in [-0.25, -0.2) is 9.37 Å². The Morgan fingerprint density at radius 3 is 2.39 bits per heavy atom. The van der Waals surface area contributed by atoms with Crippen molar-refractivity contribution < 1.29 is 22.3 Å². The van der Waals surface area contributed by atoms with Gasteiger partial charge in [0, 0.05) is 19.3 Å². The van der Waals surface area contributed by atoms with Gasteiger partial charge >= 0.3 is 12.2 Å². The highest BCUT2D eigenvalue weighted by Crippen LogP contribution is 2.42. The molecule has 0 atom stereocenters. The predicted molar refractivity (Wildman–Crippen MR) is 148 cm³/mol. The maximum Gasteiger partial charge on any atom is 0.418 e. The van der Waals surface area contributed by atoms with Crippen LogP contribution in [0.1, 0.15) is 63.5 Å². The van der Waals surface area contributed by atoms with E-state index in [-0.39, 0.29) is 33.9 Å². The van der Waals surface area contributed by atoms with Crippen molar-refractivity contribution in [2.75, 3.05) is 43.4 Å². The van der Waals surface area contributed by atoms with Gasteiger partial charge in [0.05, 0.1) is 16.5 Å². The van der Waals surface area contributed by atoms with Crippen LogP contribution in [0.25, 0.3) is 22.3 Å². The van der Waals surface area contributed by atoms with E-state index in [0.29, 0.717) is 30.9 Å². The number of nitrogens with zero attached hydrogens (tertiary/aromatic N) is 6. The number of fused-ring (bicyclic) bond motifs is 2. The summed E-state index contributed by atoms with van der Waals surface area (Å²) in [7, 11) is 0. The molecule has 6 heterocycles. The average molecular weight is 574 g/mol. The topological polar surface area (TPSA) is 93.3 Å². The van der Waals surface area contributed by atoms with Crippen LogP contribution in [0.15, 0.2) is 12.3 Å². The molecule has 3 fully saturated rings. The molecule has 0 saturated carbocycles. The van der Waals surface area contributed by atoms with Crippen molar-refractivity contribution in [3.8, 4) is 17.4 Å². The molecule has 0 bridgehead atoms. The molecular weight excluding hydrogens is 538 g/mol. The minimum Gasteiger partial charge on any atom is -0.461 e. The Hall–Kier alpha value is -3.28. The van der Waals surface area contributed by atoms with Crippen LogP contribution in [0.3, 0.4) is 0 Å². The SMILES string of the molecule is Cc1cc(N)nc(-c2ncc3c(N4CCCC(C)(C)C4)nc(OCC45CCCN4CCC5)nc3c2F)c1C(F)(F)F. The summed E-state index contributed by atoms with van der Waals surface area (Å²) in [5.74, 6) is -0.709. The quantitative estimate of drug-likeness (QED) is 0.385. The van der Waals surface area contributed by atoms with Gasteiger partial charge in [-0.15, -0.1) is 0 Å². The second kappa shape index (κ2) is 9.92. The zero-order valence-electron chi connectivity index (χ0n) is 23.6. The lowest BCUT2D eigenvalue weighted by Crippen LogP contribution is -2.43.